The lowest BCUT2D eigenvalue weighted by Gasteiger charge is -2.30. The first-order valence-corrected chi connectivity index (χ1v) is 16.6. The summed E-state index contributed by atoms with van der Waals surface area (Å²) in [6, 6.07) is 19.4. The van der Waals surface area contributed by atoms with Gasteiger partial charge in [0.25, 0.3) is 0 Å². The van der Waals surface area contributed by atoms with Crippen molar-refractivity contribution >= 4 is 73.8 Å². The van der Waals surface area contributed by atoms with Gasteiger partial charge in [-0.1, -0.05) is 64.5 Å². The van der Waals surface area contributed by atoms with Crippen LogP contribution in [0.2, 0.25) is 5.02 Å². The zero-order valence-corrected chi connectivity index (χ0v) is 25.6. The number of carbonyl (C=O) groups is 3. The maximum absolute atomic E-state index is 13.9. The molecule has 0 spiro atoms. The Hall–Kier alpha value is -3.75. The molecular weight excluding hydrogens is 632 g/mol. The first-order chi connectivity index (χ1) is 20.4. The fourth-order valence-corrected chi connectivity index (χ4v) is 8.72. The average molecular weight is 655 g/mol. The SMILES string of the molecule is Cc1ccc(N2C(=O)C3Sc4c(sc(=O)n4CC(=O)Nc4ccc(S(N)(=O)=O)cc4)[C@@H](c4ccc(Cl)cc4)C3C2=O)cc1. The summed E-state index contributed by atoms with van der Waals surface area (Å²) in [7, 11) is -3.90. The molecule has 0 radical (unpaired) electrons. The third-order valence-corrected chi connectivity index (χ3v) is 11.1. The summed E-state index contributed by atoms with van der Waals surface area (Å²) in [6.45, 7) is 1.56. The highest BCUT2D eigenvalue weighted by atomic mass is 35.5. The van der Waals surface area contributed by atoms with Crippen LogP contribution in [0.1, 0.15) is 21.9 Å². The number of nitrogens with zero attached hydrogens (tertiary/aromatic N) is 2. The number of sulfonamides is 1. The van der Waals surface area contributed by atoms with Crippen LogP contribution >= 0.6 is 34.7 Å². The Morgan fingerprint density at radius 3 is 2.23 bits per heavy atom. The number of aromatic nitrogens is 1. The Kier molecular flexibility index (Phi) is 7.55. The predicted octanol–water partition coefficient (Wildman–Crippen LogP) is 3.95. The summed E-state index contributed by atoms with van der Waals surface area (Å²) in [5, 5.41) is 7.91. The zero-order chi connectivity index (χ0) is 30.6. The highest BCUT2D eigenvalue weighted by Gasteiger charge is 2.56. The molecule has 10 nitrogen and oxygen atoms in total. The largest absolute Gasteiger partial charge is 0.325 e. The number of benzene rings is 3. The fourth-order valence-electron chi connectivity index (χ4n) is 5.30. The number of imide groups is 1. The number of hydrogen-bond donors (Lipinski definition) is 2. The van der Waals surface area contributed by atoms with E-state index in [0.717, 1.165) is 34.2 Å². The first kappa shape index (κ1) is 29.3. The zero-order valence-electron chi connectivity index (χ0n) is 22.4. The molecule has 0 bridgehead atoms. The van der Waals surface area contributed by atoms with Gasteiger partial charge in [-0.05, 0) is 61.0 Å². The van der Waals surface area contributed by atoms with Gasteiger partial charge in [0.15, 0.2) is 0 Å². The van der Waals surface area contributed by atoms with Gasteiger partial charge in [-0.15, -0.1) is 0 Å². The van der Waals surface area contributed by atoms with E-state index in [1.807, 2.05) is 19.1 Å². The van der Waals surface area contributed by atoms with E-state index in [1.165, 1.54) is 33.7 Å². The molecule has 1 fully saturated rings. The van der Waals surface area contributed by atoms with Crippen LogP contribution in [0.25, 0.3) is 0 Å². The van der Waals surface area contributed by atoms with Crippen molar-refractivity contribution in [3.8, 4) is 0 Å². The summed E-state index contributed by atoms with van der Waals surface area (Å²) >= 11 is 8.21. The highest BCUT2D eigenvalue weighted by molar-refractivity contribution is 8.00. The van der Waals surface area contributed by atoms with E-state index >= 15 is 0 Å². The van der Waals surface area contributed by atoms with Crippen molar-refractivity contribution in [2.45, 2.75) is 34.6 Å². The number of rotatable bonds is 6. The highest BCUT2D eigenvalue weighted by Crippen LogP contribution is 2.54. The Morgan fingerprint density at radius 2 is 1.60 bits per heavy atom. The number of halogens is 1. The normalized spacial score (nSPS) is 19.7. The number of hydrogen-bond acceptors (Lipinski definition) is 8. The second kappa shape index (κ2) is 11.1. The van der Waals surface area contributed by atoms with Gasteiger partial charge in [0.2, 0.25) is 27.7 Å². The molecule has 3 aromatic carbocycles. The minimum absolute atomic E-state index is 0.108. The van der Waals surface area contributed by atoms with E-state index in [2.05, 4.69) is 5.32 Å². The summed E-state index contributed by atoms with van der Waals surface area (Å²) < 4.78 is 24.4. The van der Waals surface area contributed by atoms with E-state index in [4.69, 9.17) is 16.7 Å². The van der Waals surface area contributed by atoms with Crippen molar-refractivity contribution in [3.63, 3.8) is 0 Å². The quantitative estimate of drug-likeness (QED) is 0.299. The van der Waals surface area contributed by atoms with Gasteiger partial charge in [-0.25, -0.2) is 18.5 Å². The summed E-state index contributed by atoms with van der Waals surface area (Å²) in [4.78, 5) is 55.3. The molecule has 43 heavy (non-hydrogen) atoms. The van der Waals surface area contributed by atoms with Crippen LogP contribution in [-0.2, 0) is 31.0 Å². The molecule has 14 heteroatoms. The molecule has 2 unspecified atom stereocenters. The van der Waals surface area contributed by atoms with E-state index in [0.29, 0.717) is 26.3 Å². The van der Waals surface area contributed by atoms with Crippen LogP contribution in [0.3, 0.4) is 0 Å². The van der Waals surface area contributed by atoms with Gasteiger partial charge in [-0.3, -0.25) is 23.7 Å². The molecule has 4 aromatic rings. The molecule has 2 aliphatic heterocycles. The van der Waals surface area contributed by atoms with Crippen molar-refractivity contribution in [2.75, 3.05) is 10.2 Å². The molecule has 220 valence electrons. The van der Waals surface area contributed by atoms with E-state index < -0.39 is 43.8 Å². The lowest BCUT2D eigenvalue weighted by Crippen LogP contribution is -2.33. The number of nitrogens with two attached hydrogens (primary N) is 1. The van der Waals surface area contributed by atoms with Crippen LogP contribution in [0, 0.1) is 12.8 Å². The number of primary sulfonamides is 1. The molecule has 1 saturated heterocycles. The maximum atomic E-state index is 13.9. The lowest BCUT2D eigenvalue weighted by atomic mass is 9.83. The minimum atomic E-state index is -3.90. The Balaban J connectivity index is 1.36. The Labute approximate surface area is 259 Å². The third-order valence-electron chi connectivity index (χ3n) is 7.34. The monoisotopic (exact) mass is 654 g/mol. The lowest BCUT2D eigenvalue weighted by molar-refractivity contribution is -0.122. The van der Waals surface area contributed by atoms with Gasteiger partial charge in [0, 0.05) is 21.5 Å². The van der Waals surface area contributed by atoms with Gasteiger partial charge in [0.1, 0.15) is 11.8 Å². The van der Waals surface area contributed by atoms with Crippen molar-refractivity contribution in [1.29, 1.82) is 0 Å². The molecule has 3 atom stereocenters. The maximum Gasteiger partial charge on any atom is 0.308 e. The van der Waals surface area contributed by atoms with E-state index in [9.17, 15) is 27.6 Å². The number of nitrogens with one attached hydrogen (secondary N) is 1. The van der Waals surface area contributed by atoms with Gasteiger partial charge in [-0.2, -0.15) is 0 Å². The average Bonchev–Trinajstić information content (AvgIpc) is 3.40. The number of thioether (sulfide) groups is 1. The molecule has 0 saturated carbocycles. The van der Waals surface area contributed by atoms with Crippen molar-refractivity contribution in [1.82, 2.24) is 4.57 Å². The number of aryl methyl sites for hydroxylation is 1. The van der Waals surface area contributed by atoms with Crippen LogP contribution in [0.4, 0.5) is 11.4 Å². The Morgan fingerprint density at radius 1 is 0.953 bits per heavy atom. The first-order valence-electron chi connectivity index (χ1n) is 12.9. The van der Waals surface area contributed by atoms with Crippen LogP contribution < -0.4 is 20.2 Å². The summed E-state index contributed by atoms with van der Waals surface area (Å²) in [6.07, 6.45) is 0. The molecule has 3 N–H and O–H groups in total. The Bertz CT molecular complexity index is 1940. The molecule has 0 aliphatic carbocycles. The van der Waals surface area contributed by atoms with Gasteiger partial charge >= 0.3 is 4.87 Å². The molecule has 2 aliphatic rings. The van der Waals surface area contributed by atoms with Crippen LogP contribution in [0.5, 0.6) is 0 Å². The number of thiazole rings is 1. The third kappa shape index (κ3) is 5.43. The van der Waals surface area contributed by atoms with Crippen LogP contribution in [-0.4, -0.2) is 36.0 Å². The molecule has 3 heterocycles. The topological polar surface area (TPSA) is 149 Å². The molecular formula is C29H23ClN4O6S3. The van der Waals surface area contributed by atoms with E-state index in [-0.39, 0.29) is 17.3 Å². The summed E-state index contributed by atoms with van der Waals surface area (Å²) in [5.41, 5.74) is 2.49. The molecule has 3 amide bonds. The van der Waals surface area contributed by atoms with Crippen molar-refractivity contribution in [2.24, 2.45) is 11.1 Å². The van der Waals surface area contributed by atoms with E-state index in [1.54, 1.807) is 36.4 Å². The number of anilines is 2. The second-order valence-corrected chi connectivity index (χ2v) is 14.3. The van der Waals surface area contributed by atoms with Gasteiger partial charge in [0.05, 0.1) is 21.5 Å². The standard InChI is InChI=1S/C29H23ClN4O6S3/c1-15-2-10-19(11-3-15)34-26(36)23-22(16-4-6-17(30)7-5-16)25-28(41-24(23)27(34)37)33(29(38)42-25)14-21(35)32-18-8-12-20(13-9-18)43(31,39)40/h2-13,22-24H,14H2,1H3,(H,32,35)(H2,31,39,40)/t22-,23?,24?/m0/s1. The van der Waals surface area contributed by atoms with Gasteiger partial charge < -0.3 is 5.32 Å². The minimum Gasteiger partial charge on any atom is -0.325 e. The van der Waals surface area contributed by atoms with Crippen molar-refractivity contribution in [3.05, 3.63) is 103 Å². The van der Waals surface area contributed by atoms with Crippen LogP contribution in [0.15, 0.2) is 87.5 Å². The number of fused-ring (bicyclic) bond motifs is 2. The number of amides is 3. The van der Waals surface area contributed by atoms with Crippen molar-refractivity contribution < 1.29 is 22.8 Å². The molecule has 1 aromatic heterocycles. The predicted molar refractivity (Wildman–Crippen MR) is 165 cm³/mol. The molecule has 6 rings (SSSR count). The number of carbonyl (C=O) groups excluding carboxylic acids is 3. The smallest absolute Gasteiger partial charge is 0.308 e. The summed E-state index contributed by atoms with van der Waals surface area (Å²) in [5.74, 6) is -2.67. The fraction of sp³-hybridized carbons (Fsp3) is 0.172. The second-order valence-electron chi connectivity index (χ2n) is 10.2.